The molecule has 0 saturated heterocycles. The minimum atomic E-state index is -0.00126. The molecule has 23 heavy (non-hydrogen) atoms. The number of aromatic nitrogens is 2. The van der Waals surface area contributed by atoms with E-state index in [0.29, 0.717) is 12.0 Å². The first-order valence-corrected chi connectivity index (χ1v) is 8.50. The van der Waals surface area contributed by atoms with Crippen molar-refractivity contribution in [2.75, 3.05) is 12.4 Å². The number of fused-ring (bicyclic) bond motifs is 1. The van der Waals surface area contributed by atoms with Crippen LogP contribution < -0.4 is 10.3 Å². The molecule has 0 amide bonds. The first-order chi connectivity index (χ1) is 11.3. The van der Waals surface area contributed by atoms with Gasteiger partial charge in [-0.1, -0.05) is 42.1 Å². The van der Waals surface area contributed by atoms with E-state index in [1.54, 1.807) is 23.4 Å². The highest BCUT2D eigenvalue weighted by atomic mass is 32.2. The van der Waals surface area contributed by atoms with Crippen LogP contribution in [0.25, 0.3) is 10.9 Å². The van der Waals surface area contributed by atoms with Crippen molar-refractivity contribution in [3.05, 3.63) is 65.0 Å². The Morgan fingerprint density at radius 3 is 2.65 bits per heavy atom. The largest absolute Gasteiger partial charge is 0.494 e. The number of hydrogen-bond acceptors (Lipinski definition) is 4. The smallest absolute Gasteiger partial charge is 0.261 e. The van der Waals surface area contributed by atoms with E-state index in [1.165, 1.54) is 0 Å². The third-order valence-corrected chi connectivity index (χ3v) is 4.59. The van der Waals surface area contributed by atoms with Gasteiger partial charge >= 0.3 is 0 Å². The summed E-state index contributed by atoms with van der Waals surface area (Å²) in [4.78, 5) is 16.9. The van der Waals surface area contributed by atoms with Crippen molar-refractivity contribution in [2.24, 2.45) is 7.05 Å². The maximum Gasteiger partial charge on any atom is 0.261 e. The van der Waals surface area contributed by atoms with Crippen LogP contribution in [0.3, 0.4) is 0 Å². The van der Waals surface area contributed by atoms with Gasteiger partial charge in [-0.25, -0.2) is 4.98 Å². The van der Waals surface area contributed by atoms with E-state index in [9.17, 15) is 4.79 Å². The second-order valence-electron chi connectivity index (χ2n) is 5.14. The summed E-state index contributed by atoms with van der Waals surface area (Å²) in [5, 5.41) is 1.40. The van der Waals surface area contributed by atoms with Gasteiger partial charge in [0.2, 0.25) is 0 Å². The van der Waals surface area contributed by atoms with Gasteiger partial charge in [-0.3, -0.25) is 9.36 Å². The Hall–Kier alpha value is -2.27. The molecule has 118 valence electrons. The summed E-state index contributed by atoms with van der Waals surface area (Å²) in [6, 6.07) is 17.2. The average Bonchev–Trinajstić information content (AvgIpc) is 2.60. The summed E-state index contributed by atoms with van der Waals surface area (Å²) in [7, 11) is 1.77. The molecule has 5 heteroatoms. The minimum Gasteiger partial charge on any atom is -0.494 e. The first kappa shape index (κ1) is 15.6. The molecule has 0 fully saturated rings. The summed E-state index contributed by atoms with van der Waals surface area (Å²) in [5.74, 6) is 1.74. The van der Waals surface area contributed by atoms with E-state index in [1.807, 2.05) is 54.6 Å². The molecule has 2 aromatic carbocycles. The molecule has 0 aliphatic rings. The molecule has 0 radical (unpaired) electrons. The van der Waals surface area contributed by atoms with Crippen molar-refractivity contribution in [3.63, 3.8) is 0 Å². The lowest BCUT2D eigenvalue weighted by Gasteiger charge is -2.09. The second-order valence-corrected chi connectivity index (χ2v) is 6.20. The van der Waals surface area contributed by atoms with Crippen LogP contribution in [0.5, 0.6) is 5.75 Å². The maximum absolute atomic E-state index is 12.3. The number of thioether (sulfide) groups is 1. The monoisotopic (exact) mass is 326 g/mol. The molecular weight excluding hydrogens is 308 g/mol. The standard InChI is InChI=1S/C18H18N2O2S/c1-20-17(21)15-10-5-6-11-16(15)19-18(20)23-13-7-12-22-14-8-3-2-4-9-14/h2-6,8-11H,7,12-13H2,1H3. The molecule has 3 aromatic rings. The topological polar surface area (TPSA) is 44.1 Å². The van der Waals surface area contributed by atoms with Crippen LogP contribution in [0.4, 0.5) is 0 Å². The fraction of sp³-hybridized carbons (Fsp3) is 0.222. The molecule has 0 aliphatic heterocycles. The van der Waals surface area contributed by atoms with Crippen molar-refractivity contribution < 1.29 is 4.74 Å². The number of ether oxygens (including phenoxy) is 1. The summed E-state index contributed by atoms with van der Waals surface area (Å²) in [5.41, 5.74) is 0.747. The molecule has 0 atom stereocenters. The second kappa shape index (κ2) is 7.33. The van der Waals surface area contributed by atoms with Crippen LogP contribution in [-0.2, 0) is 7.05 Å². The Kier molecular flexibility index (Phi) is 4.98. The van der Waals surface area contributed by atoms with E-state index in [0.717, 1.165) is 28.6 Å². The maximum atomic E-state index is 12.3. The van der Waals surface area contributed by atoms with Crippen LogP contribution in [0.15, 0.2) is 64.5 Å². The van der Waals surface area contributed by atoms with Crippen molar-refractivity contribution in [1.29, 1.82) is 0 Å². The van der Waals surface area contributed by atoms with Gasteiger partial charge in [0.05, 0.1) is 17.5 Å². The van der Waals surface area contributed by atoms with Gasteiger partial charge in [0.1, 0.15) is 5.75 Å². The van der Waals surface area contributed by atoms with Gasteiger partial charge in [0.15, 0.2) is 5.16 Å². The summed E-state index contributed by atoms with van der Waals surface area (Å²) in [6.07, 6.45) is 0.891. The van der Waals surface area contributed by atoms with Gasteiger partial charge in [-0.05, 0) is 30.7 Å². The minimum absolute atomic E-state index is 0.00126. The Morgan fingerprint density at radius 1 is 1.09 bits per heavy atom. The number of benzene rings is 2. The summed E-state index contributed by atoms with van der Waals surface area (Å²) >= 11 is 1.58. The lowest BCUT2D eigenvalue weighted by Crippen LogP contribution is -2.20. The lowest BCUT2D eigenvalue weighted by molar-refractivity contribution is 0.318. The van der Waals surface area contributed by atoms with Gasteiger partial charge in [-0.2, -0.15) is 0 Å². The predicted molar refractivity (Wildman–Crippen MR) is 94.3 cm³/mol. The highest BCUT2D eigenvalue weighted by Gasteiger charge is 2.07. The van der Waals surface area contributed by atoms with E-state index in [4.69, 9.17) is 4.74 Å². The lowest BCUT2D eigenvalue weighted by atomic mass is 10.2. The van der Waals surface area contributed by atoms with Crippen molar-refractivity contribution >= 4 is 22.7 Å². The number of rotatable bonds is 6. The Balaban J connectivity index is 1.59. The molecule has 0 saturated carbocycles. The quantitative estimate of drug-likeness (QED) is 0.395. The van der Waals surface area contributed by atoms with Crippen LogP contribution in [0, 0.1) is 0 Å². The molecule has 0 bridgehead atoms. The Labute approximate surface area is 139 Å². The van der Waals surface area contributed by atoms with Gasteiger partial charge in [-0.15, -0.1) is 0 Å². The zero-order chi connectivity index (χ0) is 16.1. The van der Waals surface area contributed by atoms with E-state index < -0.39 is 0 Å². The van der Waals surface area contributed by atoms with Crippen molar-refractivity contribution in [1.82, 2.24) is 9.55 Å². The highest BCUT2D eigenvalue weighted by Crippen LogP contribution is 2.18. The Bertz CT molecular complexity index is 847. The highest BCUT2D eigenvalue weighted by molar-refractivity contribution is 7.99. The van der Waals surface area contributed by atoms with Gasteiger partial charge in [0, 0.05) is 12.8 Å². The van der Waals surface area contributed by atoms with Crippen LogP contribution in [0.2, 0.25) is 0 Å². The molecule has 0 N–H and O–H groups in total. The zero-order valence-electron chi connectivity index (χ0n) is 12.9. The third kappa shape index (κ3) is 3.74. The predicted octanol–water partition coefficient (Wildman–Crippen LogP) is 3.49. The van der Waals surface area contributed by atoms with E-state index in [2.05, 4.69) is 4.98 Å². The number of hydrogen-bond donors (Lipinski definition) is 0. The SMILES string of the molecule is Cn1c(SCCCOc2ccccc2)nc2ccccc2c1=O. The van der Waals surface area contributed by atoms with Gasteiger partial charge < -0.3 is 4.74 Å². The third-order valence-electron chi connectivity index (χ3n) is 3.47. The van der Waals surface area contributed by atoms with Crippen molar-refractivity contribution in [3.8, 4) is 5.75 Å². The fourth-order valence-electron chi connectivity index (χ4n) is 2.26. The van der Waals surface area contributed by atoms with Gasteiger partial charge in [0.25, 0.3) is 5.56 Å². The molecule has 0 unspecified atom stereocenters. The van der Waals surface area contributed by atoms with Crippen LogP contribution in [-0.4, -0.2) is 21.9 Å². The first-order valence-electron chi connectivity index (χ1n) is 7.52. The number of para-hydroxylation sites is 2. The fourth-order valence-corrected chi connectivity index (χ4v) is 3.14. The van der Waals surface area contributed by atoms with E-state index in [-0.39, 0.29) is 5.56 Å². The molecular formula is C18H18N2O2S. The zero-order valence-corrected chi connectivity index (χ0v) is 13.8. The summed E-state index contributed by atoms with van der Waals surface area (Å²) in [6.45, 7) is 0.651. The molecule has 0 spiro atoms. The molecule has 1 heterocycles. The van der Waals surface area contributed by atoms with Crippen molar-refractivity contribution in [2.45, 2.75) is 11.6 Å². The molecule has 3 rings (SSSR count). The Morgan fingerprint density at radius 2 is 1.83 bits per heavy atom. The number of nitrogens with zero attached hydrogens (tertiary/aromatic N) is 2. The van der Waals surface area contributed by atoms with E-state index >= 15 is 0 Å². The normalized spacial score (nSPS) is 10.8. The van der Waals surface area contributed by atoms with Crippen LogP contribution in [0.1, 0.15) is 6.42 Å². The van der Waals surface area contributed by atoms with Crippen LogP contribution >= 0.6 is 11.8 Å². The summed E-state index contributed by atoms with van der Waals surface area (Å²) < 4.78 is 7.28. The molecule has 4 nitrogen and oxygen atoms in total. The molecule has 1 aromatic heterocycles. The average molecular weight is 326 g/mol. The molecule has 0 aliphatic carbocycles.